The summed E-state index contributed by atoms with van der Waals surface area (Å²) in [7, 11) is 2.71. The molecule has 0 saturated carbocycles. The second kappa shape index (κ2) is 15.5. The summed E-state index contributed by atoms with van der Waals surface area (Å²) in [5.74, 6) is -3.66. The Morgan fingerprint density at radius 3 is 2.59 bits per heavy atom. The number of aryl methyl sites for hydroxylation is 3. The Morgan fingerprint density at radius 2 is 1.85 bits per heavy atom. The maximum atomic E-state index is 15.1. The molecule has 0 bridgehead atoms. The Hall–Kier alpha value is -3.11. The predicted molar refractivity (Wildman–Crippen MR) is 143 cm³/mol. The molecule has 1 aromatic heterocycles. The molecule has 1 aliphatic rings. The summed E-state index contributed by atoms with van der Waals surface area (Å²) in [6, 6.07) is 11.9. The molecule has 1 N–H and O–H groups in total. The van der Waals surface area contributed by atoms with E-state index in [4.69, 9.17) is 14.2 Å². The third-order valence-corrected chi connectivity index (χ3v) is 6.77. The van der Waals surface area contributed by atoms with Gasteiger partial charge in [0.05, 0.1) is 20.3 Å². The van der Waals surface area contributed by atoms with Crippen LogP contribution < -0.4 is 5.32 Å². The van der Waals surface area contributed by atoms with Crippen LogP contribution in [0.3, 0.4) is 0 Å². The van der Waals surface area contributed by atoms with Crippen LogP contribution in [0.1, 0.15) is 48.2 Å². The highest BCUT2D eigenvalue weighted by Crippen LogP contribution is 2.24. The minimum Gasteiger partial charge on any atom is -0.467 e. The highest BCUT2D eigenvalue weighted by Gasteiger charge is 2.32. The van der Waals surface area contributed by atoms with E-state index in [-0.39, 0.29) is 45.6 Å². The third-order valence-electron chi connectivity index (χ3n) is 6.77. The monoisotopic (exact) mass is 547 g/mol. The fraction of sp³-hybridized carbons (Fsp3) is 0.552. The number of carbonyl (C=O) groups excluding carboxylic acids is 2. The van der Waals surface area contributed by atoms with Crippen molar-refractivity contribution in [2.24, 2.45) is 0 Å². The molecule has 0 radical (unpaired) electrons. The smallest absolute Gasteiger partial charge is 0.408 e. The van der Waals surface area contributed by atoms with E-state index in [2.05, 4.69) is 10.3 Å². The van der Waals surface area contributed by atoms with Gasteiger partial charge in [0.25, 0.3) is 5.92 Å². The van der Waals surface area contributed by atoms with Gasteiger partial charge in [0.1, 0.15) is 12.6 Å². The summed E-state index contributed by atoms with van der Waals surface area (Å²) in [5.41, 5.74) is 3.73. The number of benzene rings is 1. The lowest BCUT2D eigenvalue weighted by Gasteiger charge is -2.28. The largest absolute Gasteiger partial charge is 0.467 e. The molecule has 1 aliphatic carbocycles. The van der Waals surface area contributed by atoms with Crippen molar-refractivity contribution in [2.75, 3.05) is 40.5 Å². The maximum Gasteiger partial charge on any atom is 0.408 e. The highest BCUT2D eigenvalue weighted by molar-refractivity contribution is 5.81. The van der Waals surface area contributed by atoms with Crippen LogP contribution in [0.2, 0.25) is 0 Å². The first-order chi connectivity index (χ1) is 18.8. The van der Waals surface area contributed by atoms with Crippen LogP contribution in [-0.2, 0) is 44.9 Å². The van der Waals surface area contributed by atoms with Gasteiger partial charge in [-0.15, -0.1) is 0 Å². The minimum absolute atomic E-state index is 0.0336. The van der Waals surface area contributed by atoms with Gasteiger partial charge in [-0.3, -0.25) is 9.88 Å². The van der Waals surface area contributed by atoms with Crippen molar-refractivity contribution >= 4 is 12.1 Å². The Labute approximate surface area is 229 Å². The van der Waals surface area contributed by atoms with Crippen LogP contribution in [0.5, 0.6) is 0 Å². The van der Waals surface area contributed by atoms with Gasteiger partial charge in [-0.2, -0.15) is 0 Å². The number of hydrogen-bond donors (Lipinski definition) is 1. The Morgan fingerprint density at radius 1 is 1.08 bits per heavy atom. The van der Waals surface area contributed by atoms with Crippen molar-refractivity contribution in [1.29, 1.82) is 0 Å². The summed E-state index contributed by atoms with van der Waals surface area (Å²) >= 11 is 0. The number of fused-ring (bicyclic) bond motifs is 1. The van der Waals surface area contributed by atoms with Gasteiger partial charge >= 0.3 is 12.1 Å². The zero-order valence-corrected chi connectivity index (χ0v) is 22.8. The molecule has 1 heterocycles. The summed E-state index contributed by atoms with van der Waals surface area (Å²) in [6.45, 7) is 0.141. The van der Waals surface area contributed by atoms with E-state index < -0.39 is 30.6 Å². The van der Waals surface area contributed by atoms with Crippen LogP contribution in [0.25, 0.3) is 0 Å². The van der Waals surface area contributed by atoms with E-state index in [0.717, 1.165) is 36.9 Å². The van der Waals surface area contributed by atoms with Crippen LogP contribution >= 0.6 is 0 Å². The molecule has 214 valence electrons. The number of esters is 1. The number of ether oxygens (including phenoxy) is 3. The van der Waals surface area contributed by atoms with Crippen molar-refractivity contribution in [3.05, 3.63) is 65.0 Å². The first-order valence-electron chi connectivity index (χ1n) is 13.4. The normalized spacial score (nSPS) is 14.0. The van der Waals surface area contributed by atoms with Crippen LogP contribution in [0, 0.1) is 0 Å². The lowest BCUT2D eigenvalue weighted by atomic mass is 9.95. The molecule has 10 heteroatoms. The molecule has 0 fully saturated rings. The molecular formula is C29H39F2N3O5. The number of rotatable bonds is 15. The highest BCUT2D eigenvalue weighted by atomic mass is 19.3. The van der Waals surface area contributed by atoms with Crippen molar-refractivity contribution in [3.63, 3.8) is 0 Å². The number of amides is 1. The number of alkyl halides is 2. The number of alkyl carbamates (subject to hydrolysis) is 1. The van der Waals surface area contributed by atoms with E-state index in [1.54, 1.807) is 12.1 Å². The molecule has 1 aromatic carbocycles. The lowest BCUT2D eigenvalue weighted by molar-refractivity contribution is -0.143. The van der Waals surface area contributed by atoms with E-state index >= 15 is 8.78 Å². The van der Waals surface area contributed by atoms with E-state index in [1.165, 1.54) is 24.7 Å². The average molecular weight is 548 g/mol. The van der Waals surface area contributed by atoms with Gasteiger partial charge in [0.2, 0.25) is 0 Å². The van der Waals surface area contributed by atoms with Crippen molar-refractivity contribution in [3.8, 4) is 0 Å². The minimum atomic E-state index is -2.98. The maximum absolute atomic E-state index is 15.1. The topological polar surface area (TPSA) is 90.0 Å². The van der Waals surface area contributed by atoms with Crippen molar-refractivity contribution < 1.29 is 32.6 Å². The molecule has 1 atom stereocenters. The molecular weight excluding hydrogens is 508 g/mol. The fourth-order valence-electron chi connectivity index (χ4n) is 4.58. The van der Waals surface area contributed by atoms with Gasteiger partial charge < -0.3 is 19.5 Å². The SMILES string of the molecule is COCCN(CC[C@H](NC(=O)OCc1ccccc1)C(=O)OC)CC(F)(F)CCc1ccc2c(n1)CCCC2. The number of nitrogens with zero attached hydrogens (tertiary/aromatic N) is 2. The molecule has 0 unspecified atom stereocenters. The predicted octanol–water partition coefficient (Wildman–Crippen LogP) is 4.33. The van der Waals surface area contributed by atoms with Gasteiger partial charge in [0, 0.05) is 38.0 Å². The molecule has 0 spiro atoms. The van der Waals surface area contributed by atoms with Crippen LogP contribution in [-0.4, -0.2) is 74.4 Å². The van der Waals surface area contributed by atoms with E-state index in [9.17, 15) is 9.59 Å². The third kappa shape index (κ3) is 10.5. The Balaban J connectivity index is 1.54. The number of halogens is 2. The number of methoxy groups -OCH3 is 2. The lowest BCUT2D eigenvalue weighted by Crippen LogP contribution is -2.46. The number of pyridine rings is 1. The summed E-state index contributed by atoms with van der Waals surface area (Å²) < 4.78 is 45.2. The van der Waals surface area contributed by atoms with E-state index in [1.807, 2.05) is 30.3 Å². The number of carbonyl (C=O) groups is 2. The van der Waals surface area contributed by atoms with Gasteiger partial charge in [-0.05, 0) is 55.7 Å². The fourth-order valence-corrected chi connectivity index (χ4v) is 4.58. The zero-order chi connectivity index (χ0) is 28.1. The first-order valence-corrected chi connectivity index (χ1v) is 13.4. The Kier molecular flexibility index (Phi) is 12.1. The number of hydrogen-bond acceptors (Lipinski definition) is 7. The first kappa shape index (κ1) is 30.4. The molecule has 3 rings (SSSR count). The van der Waals surface area contributed by atoms with Gasteiger partial charge in [-0.25, -0.2) is 18.4 Å². The quantitative estimate of drug-likeness (QED) is 0.332. The number of aromatic nitrogens is 1. The van der Waals surface area contributed by atoms with Crippen molar-refractivity contribution in [2.45, 2.75) is 63.5 Å². The van der Waals surface area contributed by atoms with Gasteiger partial charge in [0.15, 0.2) is 0 Å². The van der Waals surface area contributed by atoms with Crippen molar-refractivity contribution in [1.82, 2.24) is 15.2 Å². The molecule has 39 heavy (non-hydrogen) atoms. The van der Waals surface area contributed by atoms with Crippen LogP contribution in [0.4, 0.5) is 13.6 Å². The summed E-state index contributed by atoms with van der Waals surface area (Å²) in [5, 5.41) is 2.49. The standard InChI is InChI=1S/C29H39F2N3O5/c1-37-19-18-34(21-29(30,31)16-14-24-13-12-23-10-6-7-11-25(23)32-24)17-15-26(27(35)38-2)33-28(36)39-20-22-8-4-3-5-9-22/h3-5,8-9,12-13,26H,6-7,10-11,14-21H2,1-2H3,(H,33,36)/t26-/m0/s1. The summed E-state index contributed by atoms with van der Waals surface area (Å²) in [4.78, 5) is 30.8. The molecule has 0 aliphatic heterocycles. The number of nitrogens with one attached hydrogen (secondary N) is 1. The molecule has 8 nitrogen and oxygen atoms in total. The zero-order valence-electron chi connectivity index (χ0n) is 22.8. The molecule has 1 amide bonds. The van der Waals surface area contributed by atoms with Crippen LogP contribution in [0.15, 0.2) is 42.5 Å². The molecule has 0 saturated heterocycles. The average Bonchev–Trinajstić information content (AvgIpc) is 2.95. The summed E-state index contributed by atoms with van der Waals surface area (Å²) in [6.07, 6.45) is 3.24. The van der Waals surface area contributed by atoms with Gasteiger partial charge in [-0.1, -0.05) is 36.4 Å². The van der Waals surface area contributed by atoms with E-state index in [0.29, 0.717) is 5.69 Å². The Bertz CT molecular complexity index is 1050. The molecule has 2 aromatic rings. The second-order valence-electron chi connectivity index (χ2n) is 9.81. The second-order valence-corrected chi connectivity index (χ2v) is 9.81.